The van der Waals surface area contributed by atoms with Gasteiger partial charge in [-0.2, -0.15) is 0 Å². The van der Waals surface area contributed by atoms with Crippen molar-refractivity contribution < 1.29 is 4.79 Å². The molecule has 1 amide bonds. The lowest BCUT2D eigenvalue weighted by molar-refractivity contribution is -0.126. The molecular formula is C24H35ClN4O. The lowest BCUT2D eigenvalue weighted by Gasteiger charge is -2.33. The van der Waals surface area contributed by atoms with Crippen LogP contribution < -0.4 is 10.2 Å². The zero-order valence-electron chi connectivity index (χ0n) is 18.4. The Morgan fingerprint density at radius 3 is 2.60 bits per heavy atom. The zero-order chi connectivity index (χ0) is 21.1. The summed E-state index contributed by atoms with van der Waals surface area (Å²) < 4.78 is 2.37. The summed E-state index contributed by atoms with van der Waals surface area (Å²) in [5.41, 5.74) is 3.23. The maximum absolute atomic E-state index is 12.7. The maximum atomic E-state index is 12.7. The van der Waals surface area contributed by atoms with Crippen LogP contribution in [0.4, 0.5) is 5.95 Å². The molecule has 1 N–H and O–H groups in total. The number of halogens is 1. The monoisotopic (exact) mass is 430 g/mol. The van der Waals surface area contributed by atoms with Crippen LogP contribution in [0, 0.1) is 12.8 Å². The molecular weight excluding hydrogens is 396 g/mol. The number of carbonyl (C=O) groups excluding carboxylic acids is 1. The Labute approximate surface area is 185 Å². The van der Waals surface area contributed by atoms with Gasteiger partial charge in [-0.25, -0.2) is 4.98 Å². The largest absolute Gasteiger partial charge is 0.353 e. The van der Waals surface area contributed by atoms with Crippen molar-refractivity contribution in [2.45, 2.75) is 84.2 Å². The molecule has 5 nitrogen and oxygen atoms in total. The number of piperidine rings is 1. The molecule has 1 aromatic heterocycles. The summed E-state index contributed by atoms with van der Waals surface area (Å²) in [5.74, 6) is 1.44. The zero-order valence-corrected chi connectivity index (χ0v) is 19.2. The van der Waals surface area contributed by atoms with Gasteiger partial charge in [0, 0.05) is 36.6 Å². The van der Waals surface area contributed by atoms with E-state index in [0.717, 1.165) is 73.8 Å². The number of aryl methyl sites for hydroxylation is 2. The maximum Gasteiger partial charge on any atom is 0.223 e. The molecule has 1 aromatic carbocycles. The van der Waals surface area contributed by atoms with E-state index in [1.54, 1.807) is 0 Å². The predicted molar refractivity (Wildman–Crippen MR) is 124 cm³/mol. The summed E-state index contributed by atoms with van der Waals surface area (Å²) in [6.07, 6.45) is 10.2. The summed E-state index contributed by atoms with van der Waals surface area (Å²) in [4.78, 5) is 20.0. The standard InChI is InChI=1S/C24H35ClN4O/c1-3-4-7-12-29-22-15-17(2)20(25)16-21(22)27-24(29)28-13-10-18(11-14-28)23(30)26-19-8-5-6-9-19/h15-16,18-19H,3-14H2,1-2H3,(H,26,30). The van der Waals surface area contributed by atoms with Crippen LogP contribution in [0.3, 0.4) is 0 Å². The number of hydrogen-bond donors (Lipinski definition) is 1. The number of fused-ring (bicyclic) bond motifs is 1. The van der Waals surface area contributed by atoms with Crippen molar-refractivity contribution in [3.05, 3.63) is 22.7 Å². The quantitative estimate of drug-likeness (QED) is 0.593. The Morgan fingerprint density at radius 2 is 1.90 bits per heavy atom. The fourth-order valence-electron chi connectivity index (χ4n) is 4.95. The van der Waals surface area contributed by atoms with Crippen LogP contribution in [0.5, 0.6) is 0 Å². The second-order valence-electron chi connectivity index (χ2n) is 9.11. The third-order valence-electron chi connectivity index (χ3n) is 6.84. The first-order chi connectivity index (χ1) is 14.6. The number of carbonyl (C=O) groups is 1. The van der Waals surface area contributed by atoms with Gasteiger partial charge >= 0.3 is 0 Å². The summed E-state index contributed by atoms with van der Waals surface area (Å²) in [5, 5.41) is 4.06. The van der Waals surface area contributed by atoms with Gasteiger partial charge in [0.05, 0.1) is 11.0 Å². The summed E-state index contributed by atoms with van der Waals surface area (Å²) >= 11 is 6.38. The average molecular weight is 431 g/mol. The Balaban J connectivity index is 1.48. The van der Waals surface area contributed by atoms with E-state index in [2.05, 4.69) is 34.7 Å². The van der Waals surface area contributed by atoms with Gasteiger partial charge in [-0.15, -0.1) is 0 Å². The number of rotatable bonds is 7. The molecule has 1 saturated heterocycles. The molecule has 1 saturated carbocycles. The van der Waals surface area contributed by atoms with Gasteiger partial charge in [0.2, 0.25) is 11.9 Å². The number of amides is 1. The molecule has 0 radical (unpaired) electrons. The lowest BCUT2D eigenvalue weighted by atomic mass is 9.95. The Bertz CT molecular complexity index is 879. The lowest BCUT2D eigenvalue weighted by Crippen LogP contribution is -2.43. The molecule has 0 spiro atoms. The molecule has 0 bridgehead atoms. The van der Waals surface area contributed by atoms with Crippen LogP contribution in [-0.4, -0.2) is 34.6 Å². The van der Waals surface area contributed by atoms with Gasteiger partial charge in [-0.1, -0.05) is 44.2 Å². The topological polar surface area (TPSA) is 50.2 Å². The van der Waals surface area contributed by atoms with Crippen LogP contribution in [-0.2, 0) is 11.3 Å². The smallest absolute Gasteiger partial charge is 0.223 e. The highest BCUT2D eigenvalue weighted by Gasteiger charge is 2.29. The number of hydrogen-bond acceptors (Lipinski definition) is 3. The number of anilines is 1. The summed E-state index contributed by atoms with van der Waals surface area (Å²) in [6.45, 7) is 7.03. The van der Waals surface area contributed by atoms with Crippen molar-refractivity contribution in [1.82, 2.24) is 14.9 Å². The van der Waals surface area contributed by atoms with Crippen molar-refractivity contribution in [1.29, 1.82) is 0 Å². The normalized spacial score (nSPS) is 18.4. The number of imidazole rings is 1. The third-order valence-corrected chi connectivity index (χ3v) is 7.25. The number of unbranched alkanes of at least 4 members (excludes halogenated alkanes) is 2. The second kappa shape index (κ2) is 9.59. The highest BCUT2D eigenvalue weighted by atomic mass is 35.5. The molecule has 2 fully saturated rings. The first-order valence-electron chi connectivity index (χ1n) is 11.8. The van der Waals surface area contributed by atoms with E-state index in [-0.39, 0.29) is 11.8 Å². The van der Waals surface area contributed by atoms with Gasteiger partial charge in [0.1, 0.15) is 0 Å². The van der Waals surface area contributed by atoms with Crippen molar-refractivity contribution in [3.63, 3.8) is 0 Å². The van der Waals surface area contributed by atoms with Gasteiger partial charge in [0.15, 0.2) is 0 Å². The van der Waals surface area contributed by atoms with Crippen LogP contribution in [0.1, 0.15) is 70.3 Å². The highest BCUT2D eigenvalue weighted by molar-refractivity contribution is 6.32. The van der Waals surface area contributed by atoms with E-state index in [9.17, 15) is 4.79 Å². The summed E-state index contributed by atoms with van der Waals surface area (Å²) in [7, 11) is 0. The van der Waals surface area contributed by atoms with Crippen molar-refractivity contribution in [2.24, 2.45) is 5.92 Å². The van der Waals surface area contributed by atoms with E-state index in [4.69, 9.17) is 16.6 Å². The van der Waals surface area contributed by atoms with Crippen LogP contribution in [0.2, 0.25) is 5.02 Å². The highest BCUT2D eigenvalue weighted by Crippen LogP contribution is 2.31. The first kappa shape index (κ1) is 21.5. The van der Waals surface area contributed by atoms with Crippen LogP contribution in [0.15, 0.2) is 12.1 Å². The minimum atomic E-state index is 0.136. The Hall–Kier alpha value is -1.75. The molecule has 0 atom stereocenters. The van der Waals surface area contributed by atoms with E-state index < -0.39 is 0 Å². The number of aromatic nitrogens is 2. The molecule has 6 heteroatoms. The van der Waals surface area contributed by atoms with Gasteiger partial charge < -0.3 is 14.8 Å². The molecule has 0 unspecified atom stereocenters. The Kier molecular flexibility index (Phi) is 6.87. The van der Waals surface area contributed by atoms with Gasteiger partial charge in [-0.05, 0) is 56.7 Å². The van der Waals surface area contributed by atoms with E-state index in [0.29, 0.717) is 6.04 Å². The molecule has 30 heavy (non-hydrogen) atoms. The minimum absolute atomic E-state index is 0.136. The second-order valence-corrected chi connectivity index (χ2v) is 9.52. The van der Waals surface area contributed by atoms with Gasteiger partial charge in [0.25, 0.3) is 0 Å². The van der Waals surface area contributed by atoms with Gasteiger partial charge in [-0.3, -0.25) is 4.79 Å². The molecule has 1 aliphatic carbocycles. The van der Waals surface area contributed by atoms with E-state index >= 15 is 0 Å². The molecule has 2 aliphatic rings. The van der Waals surface area contributed by atoms with E-state index in [1.165, 1.54) is 31.2 Å². The minimum Gasteiger partial charge on any atom is -0.353 e. The molecule has 1 aliphatic heterocycles. The fraction of sp³-hybridized carbons (Fsp3) is 0.667. The average Bonchev–Trinajstić information content (AvgIpc) is 3.37. The SMILES string of the molecule is CCCCCn1c(N2CCC(C(=O)NC3CCCC3)CC2)nc2cc(Cl)c(C)cc21. The molecule has 4 rings (SSSR count). The Morgan fingerprint density at radius 1 is 1.17 bits per heavy atom. The van der Waals surface area contributed by atoms with Crippen LogP contribution in [0.25, 0.3) is 11.0 Å². The fourth-order valence-corrected chi connectivity index (χ4v) is 5.11. The third kappa shape index (κ3) is 4.61. The van der Waals surface area contributed by atoms with Crippen molar-refractivity contribution in [2.75, 3.05) is 18.0 Å². The van der Waals surface area contributed by atoms with Crippen LogP contribution >= 0.6 is 11.6 Å². The molecule has 164 valence electrons. The molecule has 2 heterocycles. The molecule has 2 aromatic rings. The summed E-state index contributed by atoms with van der Waals surface area (Å²) in [6, 6.07) is 4.57. The van der Waals surface area contributed by atoms with E-state index in [1.807, 2.05) is 6.07 Å². The first-order valence-corrected chi connectivity index (χ1v) is 12.2. The predicted octanol–water partition coefficient (Wildman–Crippen LogP) is 5.46. The number of nitrogens with zero attached hydrogens (tertiary/aromatic N) is 3. The van der Waals surface area contributed by atoms with Crippen molar-refractivity contribution in [3.8, 4) is 0 Å². The number of benzene rings is 1. The van der Waals surface area contributed by atoms with Crippen molar-refractivity contribution >= 4 is 34.5 Å². The number of nitrogens with one attached hydrogen (secondary N) is 1.